The second-order valence-electron chi connectivity index (χ2n) is 7.22. The largest absolute Gasteiger partial charge is 0.481 e. The highest BCUT2D eigenvalue weighted by Gasteiger charge is 2.18. The molecule has 0 spiro atoms. The molecule has 2 rings (SSSR count). The zero-order valence-electron chi connectivity index (χ0n) is 16.9. The van der Waals surface area contributed by atoms with Crippen LogP contribution in [-0.4, -0.2) is 36.9 Å². The van der Waals surface area contributed by atoms with Gasteiger partial charge in [-0.05, 0) is 61.2 Å². The molecule has 0 aromatic heterocycles. The molecule has 0 aliphatic rings. The number of carbonyl (C=O) groups is 2. The maximum Gasteiger partial charge on any atom is 0.265 e. The van der Waals surface area contributed by atoms with Gasteiger partial charge in [0.05, 0.1) is 0 Å². The molecule has 0 aliphatic carbocycles. The van der Waals surface area contributed by atoms with E-state index in [4.69, 9.17) is 4.74 Å². The van der Waals surface area contributed by atoms with Crippen molar-refractivity contribution >= 4 is 17.5 Å². The molecular weight excluding hydrogens is 340 g/mol. The molecule has 2 aromatic rings. The van der Waals surface area contributed by atoms with Crippen LogP contribution in [0.15, 0.2) is 42.5 Å². The number of carbonyl (C=O) groups excluding carboxylic acids is 2. The molecule has 2 amide bonds. The Labute approximate surface area is 161 Å². The lowest BCUT2D eigenvalue weighted by Crippen LogP contribution is -2.30. The monoisotopic (exact) mass is 368 g/mol. The number of benzene rings is 2. The number of hydrogen-bond acceptors (Lipinski definition) is 3. The summed E-state index contributed by atoms with van der Waals surface area (Å²) in [6.07, 6.45) is -0.646. The minimum atomic E-state index is -0.646. The Hall–Kier alpha value is -2.82. The zero-order chi connectivity index (χ0) is 20.1. The highest BCUT2D eigenvalue weighted by atomic mass is 16.5. The van der Waals surface area contributed by atoms with Crippen molar-refractivity contribution in [1.29, 1.82) is 0 Å². The Morgan fingerprint density at radius 2 is 1.63 bits per heavy atom. The summed E-state index contributed by atoms with van der Waals surface area (Å²) in [6.45, 7) is 7.92. The van der Waals surface area contributed by atoms with Gasteiger partial charge in [-0.25, -0.2) is 0 Å². The molecule has 0 radical (unpaired) electrons. The minimum Gasteiger partial charge on any atom is -0.481 e. The number of nitrogens with zero attached hydrogens (tertiary/aromatic N) is 1. The van der Waals surface area contributed by atoms with Crippen molar-refractivity contribution in [3.8, 4) is 5.75 Å². The van der Waals surface area contributed by atoms with Gasteiger partial charge in [0.1, 0.15) is 5.75 Å². The highest BCUT2D eigenvalue weighted by Crippen LogP contribution is 2.28. The van der Waals surface area contributed by atoms with Crippen molar-refractivity contribution in [2.45, 2.75) is 39.7 Å². The van der Waals surface area contributed by atoms with Crippen LogP contribution in [0.25, 0.3) is 0 Å². The number of nitrogens with one attached hydrogen (secondary N) is 1. The standard InChI is InChI=1S/C22H28N2O3/c1-14(2)19-12-7-15(3)13-20(19)27-16(4)21(25)23-18-10-8-17(9-11-18)22(26)24(5)6/h7-14,16H,1-6H3,(H,23,25)/t16-/m1/s1. The van der Waals surface area contributed by atoms with Crippen molar-refractivity contribution in [2.75, 3.05) is 19.4 Å². The van der Waals surface area contributed by atoms with E-state index in [1.165, 1.54) is 4.90 Å². The SMILES string of the molecule is Cc1ccc(C(C)C)c(O[C@H](C)C(=O)Nc2ccc(C(=O)N(C)C)cc2)c1. The van der Waals surface area contributed by atoms with Crippen molar-refractivity contribution < 1.29 is 14.3 Å². The van der Waals surface area contributed by atoms with Crippen LogP contribution < -0.4 is 10.1 Å². The lowest BCUT2D eigenvalue weighted by atomic mass is 10.0. The average molecular weight is 368 g/mol. The first-order valence-electron chi connectivity index (χ1n) is 9.08. The smallest absolute Gasteiger partial charge is 0.265 e. The first-order chi connectivity index (χ1) is 12.7. The second-order valence-corrected chi connectivity index (χ2v) is 7.22. The summed E-state index contributed by atoms with van der Waals surface area (Å²) in [4.78, 5) is 25.9. The molecule has 0 unspecified atom stereocenters. The summed E-state index contributed by atoms with van der Waals surface area (Å²) in [5, 5.41) is 2.83. The molecule has 1 N–H and O–H groups in total. The Balaban J connectivity index is 2.06. The van der Waals surface area contributed by atoms with Crippen molar-refractivity contribution in [2.24, 2.45) is 0 Å². The topological polar surface area (TPSA) is 58.6 Å². The van der Waals surface area contributed by atoms with Gasteiger partial charge in [0, 0.05) is 25.3 Å². The van der Waals surface area contributed by atoms with E-state index in [-0.39, 0.29) is 11.8 Å². The van der Waals surface area contributed by atoms with E-state index in [2.05, 4.69) is 19.2 Å². The van der Waals surface area contributed by atoms with Crippen LogP contribution in [-0.2, 0) is 4.79 Å². The van der Waals surface area contributed by atoms with Crippen LogP contribution in [0, 0.1) is 6.92 Å². The fraction of sp³-hybridized carbons (Fsp3) is 0.364. The third kappa shape index (κ3) is 5.33. The van der Waals surface area contributed by atoms with Crippen molar-refractivity contribution in [3.05, 3.63) is 59.2 Å². The highest BCUT2D eigenvalue weighted by molar-refractivity contribution is 5.96. The summed E-state index contributed by atoms with van der Waals surface area (Å²) in [7, 11) is 3.40. The first-order valence-corrected chi connectivity index (χ1v) is 9.08. The lowest BCUT2D eigenvalue weighted by molar-refractivity contribution is -0.122. The molecule has 1 atom stereocenters. The molecule has 27 heavy (non-hydrogen) atoms. The summed E-state index contributed by atoms with van der Waals surface area (Å²) >= 11 is 0. The predicted octanol–water partition coefficient (Wildman–Crippen LogP) is 4.23. The van der Waals surface area contributed by atoms with E-state index in [1.807, 2.05) is 25.1 Å². The Morgan fingerprint density at radius 3 is 2.19 bits per heavy atom. The predicted molar refractivity (Wildman–Crippen MR) is 108 cm³/mol. The molecule has 144 valence electrons. The molecule has 0 bridgehead atoms. The summed E-state index contributed by atoms with van der Waals surface area (Å²) in [5.41, 5.74) is 3.36. The summed E-state index contributed by atoms with van der Waals surface area (Å²) in [6, 6.07) is 12.9. The third-order valence-corrected chi connectivity index (χ3v) is 4.27. The van der Waals surface area contributed by atoms with Gasteiger partial charge in [-0.2, -0.15) is 0 Å². The molecule has 5 nitrogen and oxygen atoms in total. The van der Waals surface area contributed by atoms with Gasteiger partial charge in [0.2, 0.25) is 0 Å². The fourth-order valence-electron chi connectivity index (χ4n) is 2.66. The second kappa shape index (κ2) is 8.71. The number of rotatable bonds is 6. The minimum absolute atomic E-state index is 0.0785. The van der Waals surface area contributed by atoms with Gasteiger partial charge in [-0.3, -0.25) is 9.59 Å². The molecule has 5 heteroatoms. The third-order valence-electron chi connectivity index (χ3n) is 4.27. The number of aryl methyl sites for hydroxylation is 1. The number of ether oxygens (including phenoxy) is 1. The van der Waals surface area contributed by atoms with Crippen molar-refractivity contribution in [3.63, 3.8) is 0 Å². The molecule has 0 fully saturated rings. The van der Waals surface area contributed by atoms with Crippen molar-refractivity contribution in [1.82, 2.24) is 4.90 Å². The van der Waals surface area contributed by atoms with Crippen LogP contribution in [0.2, 0.25) is 0 Å². The Morgan fingerprint density at radius 1 is 1.00 bits per heavy atom. The molecule has 0 saturated carbocycles. The van der Waals surface area contributed by atoms with Gasteiger partial charge in [0.15, 0.2) is 6.10 Å². The van der Waals surface area contributed by atoms with Gasteiger partial charge in [-0.15, -0.1) is 0 Å². The molecule has 0 saturated heterocycles. The van der Waals surface area contributed by atoms with E-state index in [0.717, 1.165) is 16.9 Å². The van der Waals surface area contributed by atoms with Gasteiger partial charge in [0.25, 0.3) is 11.8 Å². The fourth-order valence-corrected chi connectivity index (χ4v) is 2.66. The zero-order valence-corrected chi connectivity index (χ0v) is 16.9. The summed E-state index contributed by atoms with van der Waals surface area (Å²) < 4.78 is 5.94. The van der Waals surface area contributed by atoms with Crippen LogP contribution in [0.3, 0.4) is 0 Å². The number of hydrogen-bond donors (Lipinski definition) is 1. The Bertz CT molecular complexity index is 811. The van der Waals surface area contributed by atoms with Crippen LogP contribution in [0.4, 0.5) is 5.69 Å². The summed E-state index contributed by atoms with van der Waals surface area (Å²) in [5.74, 6) is 0.723. The van der Waals surface area contributed by atoms with E-state index >= 15 is 0 Å². The van der Waals surface area contributed by atoms with E-state index in [1.54, 1.807) is 45.3 Å². The molecule has 2 aromatic carbocycles. The quantitative estimate of drug-likeness (QED) is 0.830. The van der Waals surface area contributed by atoms with Crippen LogP contribution >= 0.6 is 0 Å². The maximum atomic E-state index is 12.5. The Kier molecular flexibility index (Phi) is 6.61. The average Bonchev–Trinajstić information content (AvgIpc) is 2.61. The van der Waals surface area contributed by atoms with E-state index < -0.39 is 6.10 Å². The normalized spacial score (nSPS) is 11.8. The molecule has 0 heterocycles. The number of amides is 2. The number of anilines is 1. The van der Waals surface area contributed by atoms with Gasteiger partial charge >= 0.3 is 0 Å². The van der Waals surface area contributed by atoms with Crippen LogP contribution in [0.5, 0.6) is 5.75 Å². The van der Waals surface area contributed by atoms with Crippen LogP contribution in [0.1, 0.15) is 48.2 Å². The molecule has 0 aliphatic heterocycles. The van der Waals surface area contributed by atoms with E-state index in [0.29, 0.717) is 17.2 Å². The lowest BCUT2D eigenvalue weighted by Gasteiger charge is -2.19. The maximum absolute atomic E-state index is 12.5. The molecular formula is C22H28N2O3. The van der Waals surface area contributed by atoms with Gasteiger partial charge < -0.3 is 15.0 Å². The first kappa shape index (κ1) is 20.5. The van der Waals surface area contributed by atoms with E-state index in [9.17, 15) is 9.59 Å². The van der Waals surface area contributed by atoms with Gasteiger partial charge in [-0.1, -0.05) is 26.0 Å².